The zero-order valence-electron chi connectivity index (χ0n) is 15.6. The van der Waals surface area contributed by atoms with E-state index in [4.69, 9.17) is 11.6 Å². The highest BCUT2D eigenvalue weighted by Gasteiger charge is 2.12. The summed E-state index contributed by atoms with van der Waals surface area (Å²) in [4.78, 5) is 14.6. The number of amides is 1. The first-order chi connectivity index (χ1) is 14.1. The molecule has 0 unspecified atom stereocenters. The third-order valence-electron chi connectivity index (χ3n) is 4.04. The van der Waals surface area contributed by atoms with Gasteiger partial charge in [0.25, 0.3) is 5.91 Å². The number of carbonyl (C=O) groups is 1. The molecule has 0 bridgehead atoms. The fourth-order valence-corrected chi connectivity index (χ4v) is 3.61. The summed E-state index contributed by atoms with van der Waals surface area (Å²) < 4.78 is 0. The van der Waals surface area contributed by atoms with Gasteiger partial charge in [-0.1, -0.05) is 59.8 Å². The van der Waals surface area contributed by atoms with Gasteiger partial charge in [0.15, 0.2) is 0 Å². The van der Waals surface area contributed by atoms with Crippen molar-refractivity contribution in [3.63, 3.8) is 0 Å². The molecular formula is C23H18ClN3OS. The average molecular weight is 420 g/mol. The van der Waals surface area contributed by atoms with Gasteiger partial charge in [-0.3, -0.25) is 4.79 Å². The van der Waals surface area contributed by atoms with Gasteiger partial charge in [-0.25, -0.2) is 0 Å². The van der Waals surface area contributed by atoms with Gasteiger partial charge in [0.2, 0.25) is 0 Å². The summed E-state index contributed by atoms with van der Waals surface area (Å²) in [5, 5.41) is 15.8. The Kier molecular flexibility index (Phi) is 6.96. The predicted molar refractivity (Wildman–Crippen MR) is 119 cm³/mol. The van der Waals surface area contributed by atoms with E-state index in [1.807, 2.05) is 73.7 Å². The minimum absolute atomic E-state index is 0.0381. The van der Waals surface area contributed by atoms with Crippen LogP contribution in [0.1, 0.15) is 5.56 Å². The summed E-state index contributed by atoms with van der Waals surface area (Å²) in [7, 11) is 0. The van der Waals surface area contributed by atoms with Gasteiger partial charge in [-0.15, -0.1) is 0 Å². The lowest BCUT2D eigenvalue weighted by molar-refractivity contribution is -0.112. The monoisotopic (exact) mass is 419 g/mol. The van der Waals surface area contributed by atoms with Crippen LogP contribution in [0.2, 0.25) is 5.02 Å². The van der Waals surface area contributed by atoms with Crippen LogP contribution in [0.3, 0.4) is 0 Å². The third-order valence-corrected chi connectivity index (χ3v) is 5.36. The second kappa shape index (κ2) is 9.83. The maximum absolute atomic E-state index is 12.5. The molecule has 3 aromatic rings. The first-order valence-corrected chi connectivity index (χ1v) is 10.0. The van der Waals surface area contributed by atoms with Crippen LogP contribution in [0, 0.1) is 18.3 Å². The van der Waals surface area contributed by atoms with E-state index in [2.05, 4.69) is 10.6 Å². The Morgan fingerprint density at radius 2 is 1.76 bits per heavy atom. The van der Waals surface area contributed by atoms with Gasteiger partial charge in [0, 0.05) is 26.7 Å². The van der Waals surface area contributed by atoms with E-state index in [-0.39, 0.29) is 5.57 Å². The van der Waals surface area contributed by atoms with E-state index in [9.17, 15) is 10.1 Å². The van der Waals surface area contributed by atoms with Gasteiger partial charge in [0.05, 0.1) is 5.69 Å². The lowest BCUT2D eigenvalue weighted by Crippen LogP contribution is -2.15. The number of nitriles is 1. The zero-order valence-corrected chi connectivity index (χ0v) is 17.2. The summed E-state index contributed by atoms with van der Waals surface area (Å²) in [6, 6.07) is 24.9. The number of para-hydroxylation sites is 1. The van der Waals surface area contributed by atoms with E-state index in [0.29, 0.717) is 10.7 Å². The molecule has 0 spiro atoms. The van der Waals surface area contributed by atoms with Crippen LogP contribution in [0.4, 0.5) is 11.4 Å². The normalized spacial score (nSPS) is 10.9. The van der Waals surface area contributed by atoms with Crippen molar-refractivity contribution in [1.82, 2.24) is 0 Å². The van der Waals surface area contributed by atoms with E-state index >= 15 is 0 Å². The van der Waals surface area contributed by atoms with Crippen LogP contribution in [0.15, 0.2) is 94.4 Å². The molecule has 6 heteroatoms. The fraction of sp³-hybridized carbons (Fsp3) is 0.0435. The molecule has 3 rings (SSSR count). The molecular weight excluding hydrogens is 402 g/mol. The highest BCUT2D eigenvalue weighted by molar-refractivity contribution is 7.99. The molecule has 29 heavy (non-hydrogen) atoms. The van der Waals surface area contributed by atoms with E-state index in [0.717, 1.165) is 21.0 Å². The number of nitrogens with one attached hydrogen (secondary N) is 2. The molecule has 0 heterocycles. The highest BCUT2D eigenvalue weighted by Crippen LogP contribution is 2.33. The smallest absolute Gasteiger partial charge is 0.267 e. The average Bonchev–Trinajstić information content (AvgIpc) is 2.73. The third kappa shape index (κ3) is 5.64. The number of hydrogen-bond donors (Lipinski definition) is 2. The number of anilines is 2. The molecule has 0 aliphatic rings. The van der Waals surface area contributed by atoms with Crippen molar-refractivity contribution in [2.75, 3.05) is 10.6 Å². The van der Waals surface area contributed by atoms with Gasteiger partial charge in [-0.2, -0.15) is 5.26 Å². The molecule has 3 aromatic carbocycles. The molecule has 0 aliphatic heterocycles. The Balaban J connectivity index is 1.76. The van der Waals surface area contributed by atoms with Crippen LogP contribution in [-0.4, -0.2) is 5.91 Å². The first-order valence-electron chi connectivity index (χ1n) is 8.83. The standard InChI is InChI=1S/C23H18ClN3OS/c1-16-11-12-18(24)13-21(16)27-23(28)17(14-25)15-26-20-9-5-6-10-22(20)29-19-7-3-2-4-8-19/h2-13,15,26H,1H3,(H,27,28)/b17-15-. The van der Waals surface area contributed by atoms with Crippen molar-refractivity contribution in [1.29, 1.82) is 5.26 Å². The van der Waals surface area contributed by atoms with Crippen LogP contribution in [-0.2, 0) is 4.79 Å². The number of hydrogen-bond acceptors (Lipinski definition) is 4. The second-order valence-electron chi connectivity index (χ2n) is 6.14. The molecule has 0 atom stereocenters. The van der Waals surface area contributed by atoms with Crippen molar-refractivity contribution < 1.29 is 4.79 Å². The van der Waals surface area contributed by atoms with E-state index in [1.54, 1.807) is 23.9 Å². The van der Waals surface area contributed by atoms with Crippen molar-refractivity contribution >= 4 is 40.6 Å². The molecule has 0 fully saturated rings. The van der Waals surface area contributed by atoms with Crippen molar-refractivity contribution in [3.8, 4) is 6.07 Å². The molecule has 4 nitrogen and oxygen atoms in total. The molecule has 1 amide bonds. The largest absolute Gasteiger partial charge is 0.359 e. The number of aryl methyl sites for hydroxylation is 1. The number of halogens is 1. The second-order valence-corrected chi connectivity index (χ2v) is 7.69. The minimum atomic E-state index is -0.501. The van der Waals surface area contributed by atoms with Crippen LogP contribution in [0.5, 0.6) is 0 Å². The van der Waals surface area contributed by atoms with Gasteiger partial charge in [-0.05, 0) is 48.9 Å². The summed E-state index contributed by atoms with van der Waals surface area (Å²) in [5.74, 6) is -0.501. The summed E-state index contributed by atoms with van der Waals surface area (Å²) in [5.41, 5.74) is 2.20. The summed E-state index contributed by atoms with van der Waals surface area (Å²) in [6.07, 6.45) is 1.42. The van der Waals surface area contributed by atoms with E-state index in [1.165, 1.54) is 6.20 Å². The maximum atomic E-state index is 12.5. The number of nitrogens with zero attached hydrogens (tertiary/aromatic N) is 1. The lowest BCUT2D eigenvalue weighted by Gasteiger charge is -2.10. The van der Waals surface area contributed by atoms with Crippen molar-refractivity contribution in [3.05, 3.63) is 95.2 Å². The van der Waals surface area contributed by atoms with Crippen LogP contribution < -0.4 is 10.6 Å². The fourth-order valence-electron chi connectivity index (χ4n) is 2.51. The van der Waals surface area contributed by atoms with Gasteiger partial charge < -0.3 is 10.6 Å². The Labute approximate surface area is 179 Å². The molecule has 144 valence electrons. The number of rotatable bonds is 6. The molecule has 0 saturated heterocycles. The predicted octanol–water partition coefficient (Wildman–Crippen LogP) is 6.26. The zero-order chi connectivity index (χ0) is 20.6. The molecule has 0 saturated carbocycles. The highest BCUT2D eigenvalue weighted by atomic mass is 35.5. The topological polar surface area (TPSA) is 64.9 Å². The molecule has 0 aliphatic carbocycles. The Bertz CT molecular complexity index is 1090. The van der Waals surface area contributed by atoms with Crippen LogP contribution in [0.25, 0.3) is 0 Å². The quantitative estimate of drug-likeness (QED) is 0.365. The van der Waals surface area contributed by atoms with Crippen molar-refractivity contribution in [2.24, 2.45) is 0 Å². The molecule has 2 N–H and O–H groups in total. The maximum Gasteiger partial charge on any atom is 0.267 e. The SMILES string of the molecule is Cc1ccc(Cl)cc1NC(=O)/C(C#N)=C\Nc1ccccc1Sc1ccccc1. The van der Waals surface area contributed by atoms with E-state index < -0.39 is 5.91 Å². The Morgan fingerprint density at radius 1 is 1.03 bits per heavy atom. The van der Waals surface area contributed by atoms with Gasteiger partial charge in [0.1, 0.15) is 11.6 Å². The van der Waals surface area contributed by atoms with Gasteiger partial charge >= 0.3 is 0 Å². The Hall–Kier alpha value is -3.20. The minimum Gasteiger partial charge on any atom is -0.359 e. The van der Waals surface area contributed by atoms with Crippen molar-refractivity contribution in [2.45, 2.75) is 16.7 Å². The van der Waals surface area contributed by atoms with Crippen LogP contribution >= 0.6 is 23.4 Å². The number of benzene rings is 3. The molecule has 0 aromatic heterocycles. The Morgan fingerprint density at radius 3 is 2.52 bits per heavy atom. The summed E-state index contributed by atoms with van der Waals surface area (Å²) in [6.45, 7) is 1.86. The first kappa shape index (κ1) is 20.5. The number of carbonyl (C=O) groups excluding carboxylic acids is 1. The lowest BCUT2D eigenvalue weighted by atomic mass is 10.2. The summed E-state index contributed by atoms with van der Waals surface area (Å²) >= 11 is 7.59. The molecule has 0 radical (unpaired) electrons.